The zero-order valence-electron chi connectivity index (χ0n) is 10.5. The second-order valence-electron chi connectivity index (χ2n) is 4.87. The van der Waals surface area contributed by atoms with E-state index in [0.29, 0.717) is 11.5 Å². The Kier molecular flexibility index (Phi) is 2.95. The van der Waals surface area contributed by atoms with Crippen LogP contribution in [0.5, 0.6) is 0 Å². The highest BCUT2D eigenvalue weighted by atomic mass is 16.4. The first-order chi connectivity index (χ1) is 9.24. The topological polar surface area (TPSA) is 49.3 Å². The van der Waals surface area contributed by atoms with Crippen molar-refractivity contribution in [3.63, 3.8) is 0 Å². The molecule has 3 heteroatoms. The summed E-state index contributed by atoms with van der Waals surface area (Å²) in [4.78, 5) is 10.9. The molecule has 19 heavy (non-hydrogen) atoms. The molecule has 0 radical (unpaired) electrons. The van der Waals surface area contributed by atoms with Crippen LogP contribution >= 0.6 is 0 Å². The maximum atomic E-state index is 10.9. The molecule has 0 saturated heterocycles. The molecule has 0 fully saturated rings. The van der Waals surface area contributed by atoms with Crippen LogP contribution in [0.1, 0.15) is 27.4 Å². The highest BCUT2D eigenvalue weighted by Gasteiger charge is 2.20. The molecular weight excluding hydrogens is 238 g/mol. The van der Waals surface area contributed by atoms with E-state index >= 15 is 0 Å². The highest BCUT2D eigenvalue weighted by Crippen LogP contribution is 2.31. The Morgan fingerprint density at radius 1 is 1.16 bits per heavy atom. The Balaban J connectivity index is 1.87. The lowest BCUT2D eigenvalue weighted by Gasteiger charge is -2.26. The van der Waals surface area contributed by atoms with E-state index < -0.39 is 5.97 Å². The fourth-order valence-corrected chi connectivity index (χ4v) is 2.58. The van der Waals surface area contributed by atoms with Gasteiger partial charge in [0.25, 0.3) is 0 Å². The number of carboxylic acids is 1. The number of anilines is 1. The number of aromatic carboxylic acids is 1. The van der Waals surface area contributed by atoms with Gasteiger partial charge < -0.3 is 10.4 Å². The summed E-state index contributed by atoms with van der Waals surface area (Å²) < 4.78 is 0. The zero-order valence-corrected chi connectivity index (χ0v) is 10.5. The fourth-order valence-electron chi connectivity index (χ4n) is 2.58. The maximum Gasteiger partial charge on any atom is 0.335 e. The third-order valence-corrected chi connectivity index (χ3v) is 3.63. The van der Waals surface area contributed by atoms with E-state index in [0.717, 1.165) is 18.7 Å². The maximum absolute atomic E-state index is 10.9. The average Bonchev–Trinajstić information content (AvgIpc) is 2.47. The normalized spacial score (nSPS) is 17.4. The minimum atomic E-state index is -0.880. The van der Waals surface area contributed by atoms with Crippen molar-refractivity contribution < 1.29 is 9.90 Å². The standard InChI is InChI=1S/C16H15NO2/c18-16(19)13-7-6-12-8-14(10-17-15(12)9-13)11-4-2-1-3-5-11/h1-7,9,14,17H,8,10H2,(H,18,19). The van der Waals surface area contributed by atoms with Gasteiger partial charge in [-0.3, -0.25) is 0 Å². The first kappa shape index (κ1) is 11.8. The molecule has 0 aromatic heterocycles. The predicted molar refractivity (Wildman–Crippen MR) is 74.8 cm³/mol. The number of rotatable bonds is 2. The number of benzene rings is 2. The summed E-state index contributed by atoms with van der Waals surface area (Å²) in [5, 5.41) is 12.3. The van der Waals surface area contributed by atoms with Crippen molar-refractivity contribution >= 4 is 11.7 Å². The van der Waals surface area contributed by atoms with Crippen LogP contribution in [0.15, 0.2) is 48.5 Å². The smallest absolute Gasteiger partial charge is 0.335 e. The molecule has 2 N–H and O–H groups in total. The van der Waals surface area contributed by atoms with Gasteiger partial charge in [0.05, 0.1) is 5.56 Å². The summed E-state index contributed by atoms with van der Waals surface area (Å²) in [6.45, 7) is 0.847. The summed E-state index contributed by atoms with van der Waals surface area (Å²) in [7, 11) is 0. The minimum absolute atomic E-state index is 0.337. The van der Waals surface area contributed by atoms with Crippen molar-refractivity contribution in [1.82, 2.24) is 0 Å². The summed E-state index contributed by atoms with van der Waals surface area (Å²) in [5.41, 5.74) is 3.80. The van der Waals surface area contributed by atoms with E-state index in [1.807, 2.05) is 12.1 Å². The molecule has 1 aliphatic rings. The lowest BCUT2D eigenvalue weighted by molar-refractivity contribution is 0.0697. The van der Waals surface area contributed by atoms with Crippen LogP contribution in [0.25, 0.3) is 0 Å². The van der Waals surface area contributed by atoms with Crippen molar-refractivity contribution in [2.45, 2.75) is 12.3 Å². The van der Waals surface area contributed by atoms with Gasteiger partial charge in [-0.15, -0.1) is 0 Å². The van der Waals surface area contributed by atoms with E-state index in [1.165, 1.54) is 11.1 Å². The third-order valence-electron chi connectivity index (χ3n) is 3.63. The quantitative estimate of drug-likeness (QED) is 0.864. The highest BCUT2D eigenvalue weighted by molar-refractivity contribution is 5.89. The minimum Gasteiger partial charge on any atom is -0.478 e. The first-order valence-electron chi connectivity index (χ1n) is 6.39. The molecule has 3 nitrogen and oxygen atoms in total. The monoisotopic (exact) mass is 253 g/mol. The lowest BCUT2D eigenvalue weighted by atomic mass is 9.88. The Morgan fingerprint density at radius 3 is 2.68 bits per heavy atom. The summed E-state index contributed by atoms with van der Waals surface area (Å²) in [6.07, 6.45) is 0.951. The Labute approximate surface area is 111 Å². The Bertz CT molecular complexity index is 607. The molecule has 96 valence electrons. The summed E-state index contributed by atoms with van der Waals surface area (Å²) in [6, 6.07) is 15.7. The van der Waals surface area contributed by atoms with E-state index in [1.54, 1.807) is 12.1 Å². The molecule has 0 amide bonds. The van der Waals surface area contributed by atoms with Crippen molar-refractivity contribution in [1.29, 1.82) is 0 Å². The first-order valence-corrected chi connectivity index (χ1v) is 6.39. The number of carbonyl (C=O) groups is 1. The molecule has 1 unspecified atom stereocenters. The van der Waals surface area contributed by atoms with Crippen LogP contribution < -0.4 is 5.32 Å². The number of carboxylic acid groups (broad SMARTS) is 1. The van der Waals surface area contributed by atoms with Gasteiger partial charge in [-0.2, -0.15) is 0 Å². The Hall–Kier alpha value is -2.29. The molecule has 2 aromatic rings. The molecule has 0 aliphatic carbocycles. The van der Waals surface area contributed by atoms with Crippen molar-refractivity contribution in [2.75, 3.05) is 11.9 Å². The molecule has 1 atom stereocenters. The van der Waals surface area contributed by atoms with Gasteiger partial charge in [-0.05, 0) is 29.7 Å². The average molecular weight is 253 g/mol. The number of fused-ring (bicyclic) bond motifs is 1. The van der Waals surface area contributed by atoms with Gasteiger partial charge in [0, 0.05) is 18.2 Å². The van der Waals surface area contributed by atoms with E-state index in [2.05, 4.69) is 29.6 Å². The van der Waals surface area contributed by atoms with Crippen LogP contribution in [-0.4, -0.2) is 17.6 Å². The Morgan fingerprint density at radius 2 is 1.95 bits per heavy atom. The zero-order chi connectivity index (χ0) is 13.2. The molecular formula is C16H15NO2. The van der Waals surface area contributed by atoms with Crippen LogP contribution in [0, 0.1) is 0 Å². The van der Waals surface area contributed by atoms with Crippen molar-refractivity contribution in [3.8, 4) is 0 Å². The van der Waals surface area contributed by atoms with Gasteiger partial charge >= 0.3 is 5.97 Å². The van der Waals surface area contributed by atoms with Crippen LogP contribution in [0.2, 0.25) is 0 Å². The second kappa shape index (κ2) is 4.76. The van der Waals surface area contributed by atoms with Gasteiger partial charge in [-0.1, -0.05) is 36.4 Å². The van der Waals surface area contributed by atoms with Crippen molar-refractivity contribution in [2.24, 2.45) is 0 Å². The van der Waals surface area contributed by atoms with Gasteiger partial charge in [0.1, 0.15) is 0 Å². The number of hydrogen-bond acceptors (Lipinski definition) is 2. The molecule has 0 bridgehead atoms. The summed E-state index contributed by atoms with van der Waals surface area (Å²) in [5.74, 6) is -0.431. The van der Waals surface area contributed by atoms with Crippen molar-refractivity contribution in [3.05, 3.63) is 65.2 Å². The molecule has 3 rings (SSSR count). The number of hydrogen-bond donors (Lipinski definition) is 2. The molecule has 0 spiro atoms. The van der Waals surface area contributed by atoms with E-state index in [-0.39, 0.29) is 0 Å². The second-order valence-corrected chi connectivity index (χ2v) is 4.87. The lowest BCUT2D eigenvalue weighted by Crippen LogP contribution is -2.21. The largest absolute Gasteiger partial charge is 0.478 e. The van der Waals surface area contributed by atoms with Gasteiger partial charge in [0.2, 0.25) is 0 Å². The van der Waals surface area contributed by atoms with Crippen LogP contribution in [0.4, 0.5) is 5.69 Å². The fraction of sp³-hybridized carbons (Fsp3) is 0.188. The van der Waals surface area contributed by atoms with Crippen LogP contribution in [-0.2, 0) is 6.42 Å². The molecule has 1 aliphatic heterocycles. The third kappa shape index (κ3) is 2.32. The van der Waals surface area contributed by atoms with Crippen LogP contribution in [0.3, 0.4) is 0 Å². The van der Waals surface area contributed by atoms with E-state index in [9.17, 15) is 4.79 Å². The van der Waals surface area contributed by atoms with E-state index in [4.69, 9.17) is 5.11 Å². The predicted octanol–water partition coefficient (Wildman–Crippen LogP) is 3.14. The molecule has 2 aromatic carbocycles. The SMILES string of the molecule is O=C(O)c1ccc2c(c1)NCC(c1ccccc1)C2. The molecule has 0 saturated carbocycles. The summed E-state index contributed by atoms with van der Waals surface area (Å²) >= 11 is 0. The molecule has 1 heterocycles. The number of nitrogens with one attached hydrogen (secondary N) is 1. The van der Waals surface area contributed by atoms with Gasteiger partial charge in [0.15, 0.2) is 0 Å². The van der Waals surface area contributed by atoms with Gasteiger partial charge in [-0.25, -0.2) is 4.79 Å².